The zero-order valence-corrected chi connectivity index (χ0v) is 8.23. The van der Waals surface area contributed by atoms with E-state index in [4.69, 9.17) is 0 Å². The summed E-state index contributed by atoms with van der Waals surface area (Å²) in [5, 5.41) is 7.17. The summed E-state index contributed by atoms with van der Waals surface area (Å²) in [6.07, 6.45) is 0. The highest BCUT2D eigenvalue weighted by Gasteiger charge is 2.16. The SMILES string of the molecule is C=C(C)c1cc(C(C)(C)C)[nH]n1. The number of hydrogen-bond donors (Lipinski definition) is 1. The monoisotopic (exact) mass is 164 g/mol. The van der Waals surface area contributed by atoms with Crippen molar-refractivity contribution in [3.05, 3.63) is 24.0 Å². The van der Waals surface area contributed by atoms with Gasteiger partial charge in [0, 0.05) is 11.1 Å². The van der Waals surface area contributed by atoms with Gasteiger partial charge in [-0.15, -0.1) is 0 Å². The van der Waals surface area contributed by atoms with Gasteiger partial charge in [-0.25, -0.2) is 0 Å². The molecule has 1 aromatic heterocycles. The van der Waals surface area contributed by atoms with Crippen molar-refractivity contribution in [3.63, 3.8) is 0 Å². The van der Waals surface area contributed by atoms with E-state index in [2.05, 4.69) is 43.6 Å². The summed E-state index contributed by atoms with van der Waals surface area (Å²) in [6.45, 7) is 12.3. The van der Waals surface area contributed by atoms with E-state index in [1.54, 1.807) is 0 Å². The Balaban J connectivity index is 3.00. The zero-order chi connectivity index (χ0) is 9.35. The van der Waals surface area contributed by atoms with E-state index >= 15 is 0 Å². The lowest BCUT2D eigenvalue weighted by Crippen LogP contribution is -2.11. The quantitative estimate of drug-likeness (QED) is 0.679. The summed E-state index contributed by atoms with van der Waals surface area (Å²) in [7, 11) is 0. The maximum atomic E-state index is 4.16. The second kappa shape index (κ2) is 2.77. The smallest absolute Gasteiger partial charge is 0.0874 e. The van der Waals surface area contributed by atoms with E-state index in [9.17, 15) is 0 Å². The molecule has 2 heteroatoms. The average molecular weight is 164 g/mol. The van der Waals surface area contributed by atoms with E-state index in [-0.39, 0.29) is 5.41 Å². The van der Waals surface area contributed by atoms with Gasteiger partial charge in [0.1, 0.15) is 0 Å². The van der Waals surface area contributed by atoms with Crippen LogP contribution in [0, 0.1) is 0 Å². The van der Waals surface area contributed by atoms with E-state index < -0.39 is 0 Å². The summed E-state index contributed by atoms with van der Waals surface area (Å²) in [5.74, 6) is 0. The van der Waals surface area contributed by atoms with Crippen LogP contribution in [0.15, 0.2) is 12.6 Å². The molecule has 0 atom stereocenters. The second-order valence-electron chi connectivity index (χ2n) is 4.20. The maximum absolute atomic E-state index is 4.16. The average Bonchev–Trinajstić information content (AvgIpc) is 2.30. The minimum atomic E-state index is 0.140. The number of allylic oxidation sites excluding steroid dienone is 1. The standard InChI is InChI=1S/C10H16N2/c1-7(2)8-6-9(12-11-8)10(3,4)5/h6H,1H2,2-5H3,(H,11,12). The molecule has 0 aliphatic carbocycles. The van der Waals surface area contributed by atoms with Crippen LogP contribution in [0.2, 0.25) is 0 Å². The largest absolute Gasteiger partial charge is 0.281 e. The third kappa shape index (κ3) is 1.76. The fourth-order valence-electron chi connectivity index (χ4n) is 0.925. The molecule has 66 valence electrons. The second-order valence-corrected chi connectivity index (χ2v) is 4.20. The molecule has 0 spiro atoms. The van der Waals surface area contributed by atoms with E-state index in [1.165, 1.54) is 0 Å². The maximum Gasteiger partial charge on any atom is 0.0874 e. The van der Waals surface area contributed by atoms with Crippen molar-refractivity contribution in [1.29, 1.82) is 0 Å². The van der Waals surface area contributed by atoms with Crippen LogP contribution in [0.1, 0.15) is 39.1 Å². The molecular formula is C10H16N2. The fourth-order valence-corrected chi connectivity index (χ4v) is 0.925. The number of aromatic nitrogens is 2. The topological polar surface area (TPSA) is 28.7 Å². The lowest BCUT2D eigenvalue weighted by molar-refractivity contribution is 0.567. The minimum absolute atomic E-state index is 0.140. The van der Waals surface area contributed by atoms with Gasteiger partial charge in [0.25, 0.3) is 0 Å². The number of hydrogen-bond acceptors (Lipinski definition) is 1. The van der Waals surface area contributed by atoms with Crippen LogP contribution in [-0.2, 0) is 5.41 Å². The first-order valence-electron chi connectivity index (χ1n) is 4.13. The molecule has 0 aliphatic rings. The lowest BCUT2D eigenvalue weighted by Gasteiger charge is -2.14. The van der Waals surface area contributed by atoms with Crippen LogP contribution in [0.25, 0.3) is 5.57 Å². The van der Waals surface area contributed by atoms with Crippen LogP contribution >= 0.6 is 0 Å². The van der Waals surface area contributed by atoms with Crippen molar-refractivity contribution in [2.75, 3.05) is 0 Å². The number of rotatable bonds is 1. The van der Waals surface area contributed by atoms with Gasteiger partial charge in [-0.3, -0.25) is 5.10 Å². The Labute approximate surface area is 73.7 Å². The molecule has 1 aromatic rings. The number of aromatic amines is 1. The van der Waals surface area contributed by atoms with Gasteiger partial charge in [-0.2, -0.15) is 5.10 Å². The molecule has 0 aromatic carbocycles. The number of nitrogens with zero attached hydrogens (tertiary/aromatic N) is 1. The third-order valence-electron chi connectivity index (χ3n) is 1.82. The molecule has 1 heterocycles. The molecule has 12 heavy (non-hydrogen) atoms. The van der Waals surface area contributed by atoms with Crippen molar-refractivity contribution in [2.45, 2.75) is 33.1 Å². The first-order chi connectivity index (χ1) is 5.41. The molecule has 0 unspecified atom stereocenters. The van der Waals surface area contributed by atoms with Gasteiger partial charge in [-0.1, -0.05) is 27.4 Å². The van der Waals surface area contributed by atoms with Crippen LogP contribution < -0.4 is 0 Å². The first kappa shape index (κ1) is 9.04. The summed E-state index contributed by atoms with van der Waals surface area (Å²) >= 11 is 0. The van der Waals surface area contributed by atoms with E-state index in [0.717, 1.165) is 17.0 Å². The summed E-state index contributed by atoms with van der Waals surface area (Å²) in [4.78, 5) is 0. The van der Waals surface area contributed by atoms with Crippen molar-refractivity contribution >= 4 is 5.57 Å². The van der Waals surface area contributed by atoms with Gasteiger partial charge < -0.3 is 0 Å². The molecule has 0 radical (unpaired) electrons. The van der Waals surface area contributed by atoms with Gasteiger partial charge in [0.2, 0.25) is 0 Å². The highest BCUT2D eigenvalue weighted by atomic mass is 15.1. The number of H-pyrrole nitrogens is 1. The Hall–Kier alpha value is -1.05. The summed E-state index contributed by atoms with van der Waals surface area (Å²) < 4.78 is 0. The van der Waals surface area contributed by atoms with Crippen LogP contribution in [0.5, 0.6) is 0 Å². The summed E-state index contributed by atoms with van der Waals surface area (Å²) in [5.41, 5.74) is 3.25. The van der Waals surface area contributed by atoms with Crippen molar-refractivity contribution < 1.29 is 0 Å². The molecule has 1 rings (SSSR count). The highest BCUT2D eigenvalue weighted by Crippen LogP contribution is 2.21. The minimum Gasteiger partial charge on any atom is -0.281 e. The Kier molecular flexibility index (Phi) is 2.09. The Morgan fingerprint density at radius 1 is 1.50 bits per heavy atom. The van der Waals surface area contributed by atoms with Gasteiger partial charge in [0.05, 0.1) is 5.69 Å². The van der Waals surface area contributed by atoms with Crippen molar-refractivity contribution in [2.24, 2.45) is 0 Å². The molecule has 0 amide bonds. The summed E-state index contributed by atoms with van der Waals surface area (Å²) in [6, 6.07) is 2.06. The highest BCUT2D eigenvalue weighted by molar-refractivity contribution is 5.57. The molecule has 0 saturated carbocycles. The third-order valence-corrected chi connectivity index (χ3v) is 1.82. The predicted molar refractivity (Wildman–Crippen MR) is 52.0 cm³/mol. The van der Waals surface area contributed by atoms with Crippen LogP contribution in [0.3, 0.4) is 0 Å². The zero-order valence-electron chi connectivity index (χ0n) is 8.23. The normalized spacial score (nSPS) is 11.7. The Morgan fingerprint density at radius 3 is 2.33 bits per heavy atom. The van der Waals surface area contributed by atoms with Crippen molar-refractivity contribution in [3.8, 4) is 0 Å². The molecule has 0 saturated heterocycles. The first-order valence-corrected chi connectivity index (χ1v) is 4.13. The van der Waals surface area contributed by atoms with Gasteiger partial charge in [-0.05, 0) is 18.6 Å². The van der Waals surface area contributed by atoms with Crippen molar-refractivity contribution in [1.82, 2.24) is 10.2 Å². The Bertz CT molecular complexity index is 289. The number of nitrogens with one attached hydrogen (secondary N) is 1. The molecule has 0 aliphatic heterocycles. The van der Waals surface area contributed by atoms with E-state index in [0.29, 0.717) is 0 Å². The molecular weight excluding hydrogens is 148 g/mol. The lowest BCUT2D eigenvalue weighted by atomic mass is 9.92. The predicted octanol–water partition coefficient (Wildman–Crippen LogP) is 2.74. The molecule has 2 nitrogen and oxygen atoms in total. The van der Waals surface area contributed by atoms with Crippen LogP contribution in [0.4, 0.5) is 0 Å². The van der Waals surface area contributed by atoms with Gasteiger partial charge >= 0.3 is 0 Å². The van der Waals surface area contributed by atoms with E-state index in [1.807, 2.05) is 6.92 Å². The molecule has 0 bridgehead atoms. The molecule has 0 fully saturated rings. The Morgan fingerprint density at radius 2 is 2.08 bits per heavy atom. The van der Waals surface area contributed by atoms with Crippen LogP contribution in [-0.4, -0.2) is 10.2 Å². The molecule has 1 N–H and O–H groups in total. The van der Waals surface area contributed by atoms with Gasteiger partial charge in [0.15, 0.2) is 0 Å². The fraction of sp³-hybridized carbons (Fsp3) is 0.500.